The Kier molecular flexibility index (Phi) is 12.3. The third-order valence-electron chi connectivity index (χ3n) is 7.80. The molecule has 0 aliphatic carbocycles. The van der Waals surface area contributed by atoms with Gasteiger partial charge in [-0.1, -0.05) is 80.4 Å². The van der Waals surface area contributed by atoms with Gasteiger partial charge >= 0.3 is 12.1 Å². The molecule has 4 amide bonds. The van der Waals surface area contributed by atoms with Crippen LogP contribution in [0.1, 0.15) is 57.2 Å². The van der Waals surface area contributed by atoms with Gasteiger partial charge in [0.25, 0.3) is 0 Å². The van der Waals surface area contributed by atoms with Crippen LogP contribution in [0.5, 0.6) is 0 Å². The Morgan fingerprint density at radius 1 is 1.07 bits per heavy atom. The fraction of sp³-hybridized carbons (Fsp3) is 0.455. The molecular formula is C33H47N7O4. The Bertz CT molecular complexity index is 1310. The van der Waals surface area contributed by atoms with Crippen molar-refractivity contribution in [2.45, 2.75) is 58.2 Å². The van der Waals surface area contributed by atoms with Crippen molar-refractivity contribution in [2.75, 3.05) is 33.7 Å². The first-order valence-electron chi connectivity index (χ1n) is 15.0. The molecule has 238 valence electrons. The van der Waals surface area contributed by atoms with Gasteiger partial charge in [0.05, 0.1) is 24.0 Å². The SMILES string of the molecule is CCCC[C@H](CNC(=O)OCc1ccccc1)C(=O)NC(=N)C1=C(N)C(C)(C)N(C(=O)N[C@H](CN(C)C)c2ccccc2)C1. The van der Waals surface area contributed by atoms with Gasteiger partial charge in [0.2, 0.25) is 5.91 Å². The molecule has 0 bridgehead atoms. The topological polar surface area (TPSA) is 153 Å². The number of amidine groups is 1. The Hall–Kier alpha value is -4.38. The summed E-state index contributed by atoms with van der Waals surface area (Å²) < 4.78 is 5.28. The van der Waals surface area contributed by atoms with Crippen LogP contribution in [0.2, 0.25) is 0 Å². The summed E-state index contributed by atoms with van der Waals surface area (Å²) in [6.07, 6.45) is 1.55. The molecule has 0 radical (unpaired) electrons. The number of ether oxygens (including phenoxy) is 1. The van der Waals surface area contributed by atoms with E-state index in [2.05, 4.69) is 16.0 Å². The number of rotatable bonds is 13. The summed E-state index contributed by atoms with van der Waals surface area (Å²) in [5.41, 5.74) is 8.17. The van der Waals surface area contributed by atoms with Crippen molar-refractivity contribution in [3.05, 3.63) is 83.1 Å². The predicted molar refractivity (Wildman–Crippen MR) is 172 cm³/mol. The molecule has 11 heteroatoms. The van der Waals surface area contributed by atoms with Crippen molar-refractivity contribution >= 4 is 23.9 Å². The molecular weight excluding hydrogens is 558 g/mol. The number of amides is 4. The van der Waals surface area contributed by atoms with E-state index < -0.39 is 23.5 Å². The molecule has 0 spiro atoms. The molecule has 0 saturated heterocycles. The van der Waals surface area contributed by atoms with Crippen molar-refractivity contribution in [3.8, 4) is 0 Å². The highest BCUT2D eigenvalue weighted by Crippen LogP contribution is 2.32. The van der Waals surface area contributed by atoms with Crippen molar-refractivity contribution in [3.63, 3.8) is 0 Å². The number of hydrogen-bond donors (Lipinski definition) is 5. The highest BCUT2D eigenvalue weighted by atomic mass is 16.5. The zero-order chi connectivity index (χ0) is 32.3. The zero-order valence-corrected chi connectivity index (χ0v) is 26.5. The minimum atomic E-state index is -0.887. The summed E-state index contributed by atoms with van der Waals surface area (Å²) in [6.45, 7) is 6.51. The fourth-order valence-corrected chi connectivity index (χ4v) is 5.06. The minimum Gasteiger partial charge on any atom is -0.445 e. The predicted octanol–water partition coefficient (Wildman–Crippen LogP) is 4.13. The highest BCUT2D eigenvalue weighted by Gasteiger charge is 2.43. The molecule has 6 N–H and O–H groups in total. The molecule has 2 atom stereocenters. The summed E-state index contributed by atoms with van der Waals surface area (Å²) in [7, 11) is 3.89. The van der Waals surface area contributed by atoms with Gasteiger partial charge in [-0.25, -0.2) is 9.59 Å². The number of likely N-dealkylation sites (N-methyl/N-ethyl adjacent to an activating group) is 1. The summed E-state index contributed by atoms with van der Waals surface area (Å²) in [6, 6.07) is 18.5. The van der Waals surface area contributed by atoms with E-state index in [9.17, 15) is 14.4 Å². The van der Waals surface area contributed by atoms with E-state index in [4.69, 9.17) is 15.9 Å². The molecule has 2 aromatic carbocycles. The second-order valence-electron chi connectivity index (χ2n) is 11.9. The minimum absolute atomic E-state index is 0.0635. The number of carbonyl (C=O) groups excluding carboxylic acids is 3. The van der Waals surface area contributed by atoms with Gasteiger partial charge < -0.3 is 36.2 Å². The van der Waals surface area contributed by atoms with Crippen molar-refractivity contribution < 1.29 is 19.1 Å². The smallest absolute Gasteiger partial charge is 0.407 e. The Balaban J connectivity index is 1.63. The second-order valence-corrected chi connectivity index (χ2v) is 11.9. The third-order valence-corrected chi connectivity index (χ3v) is 7.80. The molecule has 1 aliphatic heterocycles. The van der Waals surface area contributed by atoms with Crippen LogP contribution in [0.15, 0.2) is 71.9 Å². The first kappa shape index (κ1) is 34.1. The van der Waals surface area contributed by atoms with E-state index >= 15 is 0 Å². The molecule has 11 nitrogen and oxygen atoms in total. The third kappa shape index (κ3) is 9.31. The molecule has 44 heavy (non-hydrogen) atoms. The van der Waals surface area contributed by atoms with Crippen LogP contribution in [0.4, 0.5) is 9.59 Å². The average molecular weight is 606 g/mol. The van der Waals surface area contributed by atoms with Gasteiger partial charge in [-0.15, -0.1) is 0 Å². The maximum absolute atomic E-state index is 13.6. The van der Waals surface area contributed by atoms with E-state index in [0.717, 1.165) is 24.0 Å². The van der Waals surface area contributed by atoms with Crippen LogP contribution < -0.4 is 21.7 Å². The van der Waals surface area contributed by atoms with Gasteiger partial charge in [0.1, 0.15) is 12.4 Å². The van der Waals surface area contributed by atoms with Crippen LogP contribution in [0.3, 0.4) is 0 Å². The van der Waals surface area contributed by atoms with Crippen LogP contribution in [0, 0.1) is 11.3 Å². The quantitative estimate of drug-likeness (QED) is 0.171. The van der Waals surface area contributed by atoms with Crippen LogP contribution in [-0.4, -0.2) is 72.9 Å². The van der Waals surface area contributed by atoms with Gasteiger partial charge in [-0.3, -0.25) is 10.2 Å². The van der Waals surface area contributed by atoms with Crippen LogP contribution >= 0.6 is 0 Å². The summed E-state index contributed by atoms with van der Waals surface area (Å²) in [5, 5.41) is 17.2. The molecule has 1 heterocycles. The summed E-state index contributed by atoms with van der Waals surface area (Å²) in [4.78, 5) is 42.8. The van der Waals surface area contributed by atoms with Gasteiger partial charge in [-0.05, 0) is 45.5 Å². The lowest BCUT2D eigenvalue weighted by Crippen LogP contribution is -2.52. The second kappa shape index (κ2) is 15.9. The number of nitrogens with two attached hydrogens (primary N) is 1. The fourth-order valence-electron chi connectivity index (χ4n) is 5.06. The van der Waals surface area contributed by atoms with Crippen molar-refractivity contribution in [1.82, 2.24) is 25.8 Å². The number of urea groups is 1. The number of nitrogens with zero attached hydrogens (tertiary/aromatic N) is 2. The number of nitrogens with one attached hydrogen (secondary N) is 4. The first-order chi connectivity index (χ1) is 20.9. The Labute approximate surface area is 260 Å². The van der Waals surface area contributed by atoms with Crippen LogP contribution in [0.25, 0.3) is 0 Å². The van der Waals surface area contributed by atoms with E-state index in [1.165, 1.54) is 0 Å². The van der Waals surface area contributed by atoms with Gasteiger partial charge in [0, 0.05) is 24.4 Å². The monoisotopic (exact) mass is 605 g/mol. The lowest BCUT2D eigenvalue weighted by atomic mass is 9.99. The van der Waals surface area contributed by atoms with Gasteiger partial charge in [-0.2, -0.15) is 0 Å². The molecule has 0 aromatic heterocycles. The molecule has 1 aliphatic rings. The number of carbonyl (C=O) groups is 3. The zero-order valence-electron chi connectivity index (χ0n) is 26.5. The lowest BCUT2D eigenvalue weighted by Gasteiger charge is -2.35. The average Bonchev–Trinajstić information content (AvgIpc) is 3.24. The van der Waals surface area contributed by atoms with Gasteiger partial charge in [0.15, 0.2) is 0 Å². The molecule has 2 aromatic rings. The van der Waals surface area contributed by atoms with E-state index in [-0.39, 0.29) is 37.6 Å². The van der Waals surface area contributed by atoms with Crippen LogP contribution in [-0.2, 0) is 16.1 Å². The Morgan fingerprint density at radius 3 is 2.32 bits per heavy atom. The number of unbranched alkanes of at least 4 members (excludes halogenated alkanes) is 1. The normalized spacial score (nSPS) is 15.5. The largest absolute Gasteiger partial charge is 0.445 e. The number of benzene rings is 2. The maximum Gasteiger partial charge on any atom is 0.407 e. The van der Waals surface area contributed by atoms with E-state index in [0.29, 0.717) is 24.2 Å². The molecule has 3 rings (SSSR count). The molecule has 0 fully saturated rings. The summed E-state index contributed by atoms with van der Waals surface area (Å²) in [5.74, 6) is -1.13. The van der Waals surface area contributed by atoms with Crippen molar-refractivity contribution in [1.29, 1.82) is 5.41 Å². The van der Waals surface area contributed by atoms with E-state index in [1.807, 2.05) is 100 Å². The Morgan fingerprint density at radius 2 is 1.70 bits per heavy atom. The first-order valence-corrected chi connectivity index (χ1v) is 15.0. The lowest BCUT2D eigenvalue weighted by molar-refractivity contribution is -0.123. The summed E-state index contributed by atoms with van der Waals surface area (Å²) >= 11 is 0. The maximum atomic E-state index is 13.6. The van der Waals surface area contributed by atoms with E-state index in [1.54, 1.807) is 4.90 Å². The van der Waals surface area contributed by atoms with Crippen molar-refractivity contribution in [2.24, 2.45) is 11.7 Å². The standard InChI is InChI=1S/C33H47N7O4/c1-6-7-16-25(19-36-32(43)44-22-23-14-10-8-11-15-23)30(41)38-29(35)26-20-40(33(2,3)28(26)34)31(42)37-27(21-39(4)5)24-17-12-9-13-18-24/h8-15,17-18,25,27H,6-7,16,19-22,34H2,1-5H3,(H,36,43)(H,37,42)(H2,35,38,41)/t25-,27-/m1/s1. The highest BCUT2D eigenvalue weighted by molar-refractivity contribution is 6.08. The number of hydrogen-bond acceptors (Lipinski definition) is 7. The number of alkyl carbamates (subject to hydrolysis) is 1. The molecule has 0 saturated carbocycles. The molecule has 0 unspecified atom stereocenters.